The van der Waals surface area contributed by atoms with Crippen LogP contribution in [0, 0.1) is 6.92 Å². The van der Waals surface area contributed by atoms with Crippen LogP contribution < -0.4 is 51.4 Å². The van der Waals surface area contributed by atoms with Crippen LogP contribution in [-0.4, -0.2) is 4.57 Å². The topological polar surface area (TPSA) is 4.93 Å². The summed E-state index contributed by atoms with van der Waals surface area (Å²) in [6.07, 6.45) is 3.82. The summed E-state index contributed by atoms with van der Waals surface area (Å²) in [7, 11) is 0. The molecule has 1 aromatic rings. The van der Waals surface area contributed by atoms with E-state index < -0.39 is 0 Å². The van der Waals surface area contributed by atoms with Crippen LogP contribution in [0.3, 0.4) is 0 Å². The van der Waals surface area contributed by atoms with Gasteiger partial charge in [-0.1, -0.05) is 0 Å². The normalized spacial score (nSPS) is 8.00. The molecule has 0 radical (unpaired) electrons. The summed E-state index contributed by atoms with van der Waals surface area (Å²) < 4.78 is 1.86. The smallest absolute Gasteiger partial charge is 0.359 e. The van der Waals surface area contributed by atoms with Gasteiger partial charge in [0.15, 0.2) is 0 Å². The molecule has 0 aliphatic rings. The average Bonchev–Trinajstić information content (AvgIpc) is 2.12. The van der Waals surface area contributed by atoms with E-state index in [0.717, 1.165) is 5.70 Å². The first kappa shape index (κ1) is 9.53. The van der Waals surface area contributed by atoms with Gasteiger partial charge in [-0.15, -0.1) is 5.70 Å². The molecule has 0 aromatic carbocycles. The van der Waals surface area contributed by atoms with Gasteiger partial charge in [0.05, 0.1) is 0 Å². The average molecular weight is 145 g/mol. The molecule has 0 amide bonds. The maximum absolute atomic E-state index is 3.65. The third-order valence-electron chi connectivity index (χ3n) is 0.970. The second-order valence-corrected chi connectivity index (χ2v) is 1.66. The molecule has 1 nitrogen and oxygen atoms in total. The molecule has 1 aromatic heterocycles. The third-order valence-corrected chi connectivity index (χ3v) is 0.970. The first-order valence-electron chi connectivity index (χ1n) is 2.45. The molecule has 0 aliphatic carbocycles. The van der Waals surface area contributed by atoms with E-state index >= 15 is 0 Å². The van der Waals surface area contributed by atoms with Crippen LogP contribution in [0.1, 0.15) is 0 Å². The SMILES string of the molecule is C=C([CH2-])n1cccc1.[K+]. The maximum Gasteiger partial charge on any atom is 1.00 e. The van der Waals surface area contributed by atoms with Crippen LogP contribution in [0.25, 0.3) is 5.70 Å². The van der Waals surface area contributed by atoms with Gasteiger partial charge < -0.3 is 4.57 Å². The monoisotopic (exact) mass is 145 g/mol. The van der Waals surface area contributed by atoms with Gasteiger partial charge in [0, 0.05) is 12.4 Å². The van der Waals surface area contributed by atoms with Crippen molar-refractivity contribution >= 4 is 5.70 Å². The Morgan fingerprint density at radius 2 is 1.78 bits per heavy atom. The van der Waals surface area contributed by atoms with Gasteiger partial charge in [-0.25, -0.2) is 13.5 Å². The molecular formula is C7H8KN. The maximum atomic E-state index is 3.65. The minimum atomic E-state index is 0. The number of aromatic nitrogens is 1. The largest absolute Gasteiger partial charge is 1.00 e. The van der Waals surface area contributed by atoms with Crippen molar-refractivity contribution in [3.63, 3.8) is 0 Å². The molecular weight excluding hydrogens is 137 g/mol. The van der Waals surface area contributed by atoms with Gasteiger partial charge in [0.1, 0.15) is 0 Å². The van der Waals surface area contributed by atoms with E-state index in [4.69, 9.17) is 0 Å². The fraction of sp³-hybridized carbons (Fsp3) is 0. The second kappa shape index (κ2) is 4.36. The summed E-state index contributed by atoms with van der Waals surface area (Å²) >= 11 is 0. The summed E-state index contributed by atoms with van der Waals surface area (Å²) in [6.45, 7) is 7.30. The van der Waals surface area contributed by atoms with Gasteiger partial charge in [0.2, 0.25) is 0 Å². The molecule has 0 aliphatic heterocycles. The van der Waals surface area contributed by atoms with Gasteiger partial charge in [0.25, 0.3) is 0 Å². The number of rotatable bonds is 1. The Morgan fingerprint density at radius 3 is 2.00 bits per heavy atom. The molecule has 0 saturated carbocycles. The molecule has 0 spiro atoms. The van der Waals surface area contributed by atoms with Crippen molar-refractivity contribution in [1.29, 1.82) is 0 Å². The fourth-order valence-electron chi connectivity index (χ4n) is 0.545. The Kier molecular flexibility index (Phi) is 4.61. The van der Waals surface area contributed by atoms with E-state index in [9.17, 15) is 0 Å². The number of hydrogen-bond acceptors (Lipinski definition) is 0. The quantitative estimate of drug-likeness (QED) is 0.345. The second-order valence-electron chi connectivity index (χ2n) is 1.66. The zero-order chi connectivity index (χ0) is 5.98. The predicted molar refractivity (Wildman–Crippen MR) is 35.1 cm³/mol. The van der Waals surface area contributed by atoms with Crippen molar-refractivity contribution in [2.24, 2.45) is 0 Å². The molecule has 42 valence electrons. The minimum absolute atomic E-state index is 0. The van der Waals surface area contributed by atoms with Gasteiger partial charge in [-0.3, -0.25) is 0 Å². The Bertz CT molecular complexity index is 177. The molecule has 1 rings (SSSR count). The predicted octanol–water partition coefficient (Wildman–Crippen LogP) is -1.20. The zero-order valence-electron chi connectivity index (χ0n) is 5.67. The molecule has 1 heterocycles. The number of allylic oxidation sites excluding steroid dienone is 1. The van der Waals surface area contributed by atoms with Crippen LogP contribution in [0.4, 0.5) is 0 Å². The number of hydrogen-bond donors (Lipinski definition) is 0. The Labute approximate surface area is 98.2 Å². The molecule has 0 N–H and O–H groups in total. The van der Waals surface area contributed by atoms with E-state index in [1.54, 1.807) is 0 Å². The van der Waals surface area contributed by atoms with Crippen molar-refractivity contribution < 1.29 is 51.4 Å². The van der Waals surface area contributed by atoms with Crippen LogP contribution in [0.15, 0.2) is 31.1 Å². The first-order chi connectivity index (χ1) is 3.80. The van der Waals surface area contributed by atoms with Gasteiger partial charge >= 0.3 is 51.4 Å². The summed E-state index contributed by atoms with van der Waals surface area (Å²) in [5.74, 6) is 0. The standard InChI is InChI=1S/C7H8N.K/c1-7(2)8-5-3-4-6-8;/h3-6H,1-2H2;/q-1;+1. The van der Waals surface area contributed by atoms with Crippen molar-refractivity contribution in [2.45, 2.75) is 0 Å². The Balaban J connectivity index is 0.000000640. The first-order valence-corrected chi connectivity index (χ1v) is 2.45. The summed E-state index contributed by atoms with van der Waals surface area (Å²) in [6, 6.07) is 3.88. The van der Waals surface area contributed by atoms with Crippen LogP contribution >= 0.6 is 0 Å². The summed E-state index contributed by atoms with van der Waals surface area (Å²) in [4.78, 5) is 0. The Hall–Kier alpha value is 0.526. The van der Waals surface area contributed by atoms with Gasteiger partial charge in [-0.2, -0.15) is 0 Å². The van der Waals surface area contributed by atoms with Crippen molar-refractivity contribution in [1.82, 2.24) is 4.57 Å². The molecule has 0 fully saturated rings. The third kappa shape index (κ3) is 2.73. The molecule has 9 heavy (non-hydrogen) atoms. The molecule has 0 saturated heterocycles. The Morgan fingerprint density at radius 1 is 1.33 bits per heavy atom. The minimum Gasteiger partial charge on any atom is -0.359 e. The molecule has 2 heteroatoms. The van der Waals surface area contributed by atoms with E-state index in [0.29, 0.717) is 0 Å². The molecule has 0 bridgehead atoms. The molecule has 0 unspecified atom stereocenters. The van der Waals surface area contributed by atoms with E-state index in [1.807, 2.05) is 29.1 Å². The van der Waals surface area contributed by atoms with Crippen molar-refractivity contribution in [3.8, 4) is 0 Å². The van der Waals surface area contributed by atoms with Crippen molar-refractivity contribution in [3.05, 3.63) is 38.0 Å². The van der Waals surface area contributed by atoms with Crippen LogP contribution in [0.5, 0.6) is 0 Å². The summed E-state index contributed by atoms with van der Waals surface area (Å²) in [5.41, 5.74) is 0.801. The summed E-state index contributed by atoms with van der Waals surface area (Å²) in [5, 5.41) is 0. The zero-order valence-corrected chi connectivity index (χ0v) is 8.79. The fourth-order valence-corrected chi connectivity index (χ4v) is 0.545. The van der Waals surface area contributed by atoms with E-state index in [1.165, 1.54) is 0 Å². The van der Waals surface area contributed by atoms with Crippen molar-refractivity contribution in [2.75, 3.05) is 0 Å². The van der Waals surface area contributed by atoms with Crippen LogP contribution in [0.2, 0.25) is 0 Å². The molecule has 0 atom stereocenters. The van der Waals surface area contributed by atoms with Crippen LogP contribution in [-0.2, 0) is 0 Å². The van der Waals surface area contributed by atoms with E-state index in [-0.39, 0.29) is 51.4 Å². The van der Waals surface area contributed by atoms with E-state index in [2.05, 4.69) is 13.5 Å². The number of nitrogens with zero attached hydrogens (tertiary/aromatic N) is 1. The van der Waals surface area contributed by atoms with Gasteiger partial charge in [-0.05, 0) is 12.1 Å².